The standard InChI is InChI=1S/C21H28F3NO5S/c1-3-29-19(26)25-13-12-20-10-5-4-6-17(20)18(25)14-15(2)7-8-16(9-11-20)30-31(27,28)21(22,23)24/h7-9,17-18H,2-6,10-14H2,1H3/b8-7-,16-9+/t17-,18+,20+/m1/s1. The third kappa shape index (κ3) is 4.94. The maximum atomic E-state index is 12.8. The second kappa shape index (κ2) is 8.88. The minimum Gasteiger partial charge on any atom is -0.450 e. The Balaban J connectivity index is 1.96. The largest absolute Gasteiger partial charge is 0.534 e. The van der Waals surface area contributed by atoms with Crippen LogP contribution >= 0.6 is 0 Å². The Labute approximate surface area is 180 Å². The Morgan fingerprint density at radius 3 is 2.71 bits per heavy atom. The number of piperidine rings is 1. The van der Waals surface area contributed by atoms with Crippen LogP contribution in [0.1, 0.15) is 51.9 Å². The summed E-state index contributed by atoms with van der Waals surface area (Å²) < 4.78 is 71.2. The number of nitrogens with zero attached hydrogens (tertiary/aromatic N) is 1. The molecule has 10 heteroatoms. The van der Waals surface area contributed by atoms with E-state index < -0.39 is 15.6 Å². The number of allylic oxidation sites excluding steroid dienone is 3. The third-order valence-corrected chi connectivity index (χ3v) is 7.58. The van der Waals surface area contributed by atoms with Crippen molar-refractivity contribution in [1.82, 2.24) is 4.90 Å². The molecule has 1 aliphatic heterocycles. The van der Waals surface area contributed by atoms with Crippen LogP contribution in [0.3, 0.4) is 0 Å². The van der Waals surface area contributed by atoms with E-state index in [2.05, 4.69) is 10.8 Å². The highest BCUT2D eigenvalue weighted by atomic mass is 32.2. The lowest BCUT2D eigenvalue weighted by atomic mass is 9.57. The predicted molar refractivity (Wildman–Crippen MR) is 108 cm³/mol. The lowest BCUT2D eigenvalue weighted by Gasteiger charge is -2.55. The first-order chi connectivity index (χ1) is 14.5. The van der Waals surface area contributed by atoms with Crippen molar-refractivity contribution in [3.8, 4) is 0 Å². The molecule has 1 saturated heterocycles. The van der Waals surface area contributed by atoms with E-state index in [9.17, 15) is 26.4 Å². The van der Waals surface area contributed by atoms with Crippen LogP contribution in [-0.4, -0.2) is 44.1 Å². The molecule has 1 heterocycles. The van der Waals surface area contributed by atoms with E-state index in [1.54, 1.807) is 11.8 Å². The van der Waals surface area contributed by atoms with Gasteiger partial charge in [-0.05, 0) is 62.5 Å². The van der Waals surface area contributed by atoms with Gasteiger partial charge in [0.25, 0.3) is 0 Å². The molecule has 0 radical (unpaired) electrons. The summed E-state index contributed by atoms with van der Waals surface area (Å²) in [6.07, 6.45) is 8.91. The first-order valence-corrected chi connectivity index (χ1v) is 11.9. The third-order valence-electron chi connectivity index (χ3n) is 6.60. The van der Waals surface area contributed by atoms with Crippen molar-refractivity contribution in [2.24, 2.45) is 11.3 Å². The van der Waals surface area contributed by atoms with Crippen molar-refractivity contribution in [1.29, 1.82) is 0 Å². The molecule has 3 atom stereocenters. The summed E-state index contributed by atoms with van der Waals surface area (Å²) in [6.45, 7) is 6.47. The zero-order valence-corrected chi connectivity index (χ0v) is 18.3. The molecule has 31 heavy (non-hydrogen) atoms. The molecule has 6 nitrogen and oxygen atoms in total. The zero-order chi connectivity index (χ0) is 22.9. The number of hydrogen-bond donors (Lipinski definition) is 0. The number of carbonyl (C=O) groups excluding carboxylic acids is 1. The Morgan fingerprint density at radius 1 is 1.29 bits per heavy atom. The number of halogens is 3. The predicted octanol–water partition coefficient (Wildman–Crippen LogP) is 5.05. The van der Waals surface area contributed by atoms with Crippen molar-refractivity contribution in [3.63, 3.8) is 0 Å². The highest BCUT2D eigenvalue weighted by Gasteiger charge is 2.51. The highest BCUT2D eigenvalue weighted by Crippen LogP contribution is 2.53. The number of alkyl halides is 3. The second-order valence-electron chi connectivity index (χ2n) is 8.41. The lowest BCUT2D eigenvalue weighted by Crippen LogP contribution is -2.57. The quantitative estimate of drug-likeness (QED) is 0.433. The smallest absolute Gasteiger partial charge is 0.450 e. The topological polar surface area (TPSA) is 72.9 Å². The van der Waals surface area contributed by atoms with Crippen LogP contribution in [0, 0.1) is 11.3 Å². The van der Waals surface area contributed by atoms with Crippen LogP contribution < -0.4 is 0 Å². The monoisotopic (exact) mass is 463 g/mol. The molecule has 0 aromatic heterocycles. The van der Waals surface area contributed by atoms with E-state index >= 15 is 0 Å². The Bertz CT molecular complexity index is 880. The molecule has 0 unspecified atom stereocenters. The average Bonchev–Trinajstić information content (AvgIpc) is 2.69. The van der Waals surface area contributed by atoms with Crippen LogP contribution in [0.2, 0.25) is 0 Å². The summed E-state index contributed by atoms with van der Waals surface area (Å²) in [5.41, 5.74) is -5.18. The van der Waals surface area contributed by atoms with Gasteiger partial charge in [-0.1, -0.05) is 31.1 Å². The maximum absolute atomic E-state index is 12.8. The molecule has 0 spiro atoms. The maximum Gasteiger partial charge on any atom is 0.534 e. The zero-order valence-electron chi connectivity index (χ0n) is 17.5. The molecule has 2 aliphatic carbocycles. The summed E-state index contributed by atoms with van der Waals surface area (Å²) in [5.74, 6) is -0.247. The van der Waals surface area contributed by atoms with Crippen LogP contribution in [-0.2, 0) is 19.0 Å². The molecule has 2 bridgehead atoms. The molecular formula is C21H28F3NO5S. The van der Waals surface area contributed by atoms with Gasteiger partial charge in [-0.25, -0.2) is 4.79 Å². The summed E-state index contributed by atoms with van der Waals surface area (Å²) in [6, 6.07) is -0.125. The van der Waals surface area contributed by atoms with Gasteiger partial charge in [-0.3, -0.25) is 0 Å². The first kappa shape index (κ1) is 23.7. The minimum absolute atomic E-state index is 0.111. The van der Waals surface area contributed by atoms with Crippen molar-refractivity contribution >= 4 is 16.2 Å². The van der Waals surface area contributed by atoms with Crippen molar-refractivity contribution in [3.05, 3.63) is 36.1 Å². The van der Waals surface area contributed by atoms with Crippen molar-refractivity contribution < 1.29 is 35.3 Å². The Kier molecular flexibility index (Phi) is 6.78. The molecule has 2 fully saturated rings. The molecule has 0 aromatic carbocycles. The average molecular weight is 464 g/mol. The normalized spacial score (nSPS) is 32.3. The Hall–Kier alpha value is -1.97. The number of likely N-dealkylation sites (tertiary alicyclic amines) is 1. The van der Waals surface area contributed by atoms with E-state index in [0.29, 0.717) is 31.4 Å². The molecular weight excluding hydrogens is 435 g/mol. The fourth-order valence-corrected chi connectivity index (χ4v) is 5.63. The molecule has 3 rings (SSSR count). The number of rotatable bonds is 3. The number of ether oxygens (including phenoxy) is 1. The molecule has 1 amide bonds. The van der Waals surface area contributed by atoms with Gasteiger partial charge in [0.1, 0.15) is 5.76 Å². The minimum atomic E-state index is -5.76. The van der Waals surface area contributed by atoms with Gasteiger partial charge in [0.15, 0.2) is 0 Å². The van der Waals surface area contributed by atoms with Gasteiger partial charge >= 0.3 is 21.7 Å². The van der Waals surface area contributed by atoms with Gasteiger partial charge < -0.3 is 13.8 Å². The number of amides is 1. The molecule has 174 valence electrons. The van der Waals surface area contributed by atoms with Gasteiger partial charge in [-0.15, -0.1) is 0 Å². The number of carbonyl (C=O) groups is 1. The van der Waals surface area contributed by atoms with E-state index in [4.69, 9.17) is 4.74 Å². The first-order valence-electron chi connectivity index (χ1n) is 10.5. The SMILES string of the molecule is C=C1/C=C\C(OS(=O)(=O)C(F)(F)F)=C/C[C@]23CCCC[C@@H]2[C@H](C1)N(C(=O)OCC)CC3. The summed E-state index contributed by atoms with van der Waals surface area (Å²) >= 11 is 0. The fourth-order valence-electron chi connectivity index (χ4n) is 5.16. The summed E-state index contributed by atoms with van der Waals surface area (Å²) in [4.78, 5) is 14.3. The van der Waals surface area contributed by atoms with Gasteiger partial charge in [0.2, 0.25) is 0 Å². The summed E-state index contributed by atoms with van der Waals surface area (Å²) in [5, 5.41) is 0. The van der Waals surface area contributed by atoms with Crippen LogP contribution in [0.25, 0.3) is 0 Å². The van der Waals surface area contributed by atoms with Crippen LogP contribution in [0.4, 0.5) is 18.0 Å². The lowest BCUT2D eigenvalue weighted by molar-refractivity contribution is -0.0521. The van der Waals surface area contributed by atoms with E-state index in [1.807, 2.05) is 0 Å². The molecule has 0 N–H and O–H groups in total. The Morgan fingerprint density at radius 2 is 2.03 bits per heavy atom. The van der Waals surface area contributed by atoms with Crippen molar-refractivity contribution in [2.45, 2.75) is 63.4 Å². The number of hydrogen-bond acceptors (Lipinski definition) is 5. The van der Waals surface area contributed by atoms with E-state index in [-0.39, 0.29) is 35.8 Å². The molecule has 1 saturated carbocycles. The fraction of sp³-hybridized carbons (Fsp3) is 0.667. The van der Waals surface area contributed by atoms with E-state index in [1.165, 1.54) is 18.2 Å². The molecule has 0 aromatic rings. The highest BCUT2D eigenvalue weighted by molar-refractivity contribution is 7.87. The van der Waals surface area contributed by atoms with E-state index in [0.717, 1.165) is 25.7 Å². The van der Waals surface area contributed by atoms with Crippen molar-refractivity contribution in [2.75, 3.05) is 13.2 Å². The van der Waals surface area contributed by atoms with Crippen LogP contribution in [0.5, 0.6) is 0 Å². The van der Waals surface area contributed by atoms with Gasteiger partial charge in [-0.2, -0.15) is 21.6 Å². The van der Waals surface area contributed by atoms with Gasteiger partial charge in [0.05, 0.1) is 6.61 Å². The second-order valence-corrected chi connectivity index (χ2v) is 9.95. The van der Waals surface area contributed by atoms with Gasteiger partial charge in [0, 0.05) is 12.6 Å². The molecule has 3 aliphatic rings. The van der Waals surface area contributed by atoms with Crippen LogP contribution in [0.15, 0.2) is 36.1 Å². The summed E-state index contributed by atoms with van der Waals surface area (Å²) in [7, 11) is -5.76.